The number of allylic oxidation sites excluding steroid dienone is 2. The van der Waals surface area contributed by atoms with Crippen LogP contribution < -0.4 is 10.1 Å². The number of aromatic nitrogens is 1. The molecule has 0 radical (unpaired) electrons. The summed E-state index contributed by atoms with van der Waals surface area (Å²) in [5.74, 6) is -0.0581. The zero-order chi connectivity index (χ0) is 30.4. The van der Waals surface area contributed by atoms with E-state index in [0.29, 0.717) is 29.3 Å². The van der Waals surface area contributed by atoms with Crippen LogP contribution in [0.5, 0.6) is 5.75 Å². The Morgan fingerprint density at radius 1 is 1.22 bits per heavy atom. The Balaban J connectivity index is 2.31. The van der Waals surface area contributed by atoms with Crippen LogP contribution in [-0.4, -0.2) is 48.1 Å². The lowest BCUT2D eigenvalue weighted by Gasteiger charge is -2.14. The number of ether oxygens (including phenoxy) is 2. The second-order valence-electron chi connectivity index (χ2n) is 9.62. The van der Waals surface area contributed by atoms with Gasteiger partial charge in [-0.3, -0.25) is 9.78 Å². The van der Waals surface area contributed by atoms with Crippen molar-refractivity contribution in [2.24, 2.45) is 10.2 Å². The Morgan fingerprint density at radius 2 is 1.98 bits per heavy atom. The molecule has 41 heavy (non-hydrogen) atoms. The summed E-state index contributed by atoms with van der Waals surface area (Å²) in [6.45, 7) is 11.5. The molecule has 220 valence electrons. The number of aliphatic hydroxyl groups is 1. The zero-order valence-electron chi connectivity index (χ0n) is 25.0. The van der Waals surface area contributed by atoms with Crippen molar-refractivity contribution in [3.05, 3.63) is 82.5 Å². The number of halogens is 1. The average molecular weight is 565 g/mol. The number of aliphatic hydroxyl groups excluding tert-OH is 1. The smallest absolute Gasteiger partial charge is 0.258 e. The second-order valence-corrected chi connectivity index (χ2v) is 9.62. The lowest BCUT2D eigenvalue weighted by Crippen LogP contribution is -2.29. The molecule has 0 aliphatic rings. The Kier molecular flexibility index (Phi) is 13.6. The maximum atomic E-state index is 14.9. The summed E-state index contributed by atoms with van der Waals surface area (Å²) >= 11 is 0. The molecule has 0 saturated carbocycles. The topological polar surface area (TPSA) is 105 Å². The van der Waals surface area contributed by atoms with Gasteiger partial charge in [0.15, 0.2) is 0 Å². The van der Waals surface area contributed by atoms with Gasteiger partial charge in [0.2, 0.25) is 5.90 Å². The quantitative estimate of drug-likeness (QED) is 0.129. The highest BCUT2D eigenvalue weighted by Crippen LogP contribution is 2.35. The number of amides is 1. The van der Waals surface area contributed by atoms with E-state index in [0.717, 1.165) is 29.6 Å². The van der Waals surface area contributed by atoms with Gasteiger partial charge in [-0.25, -0.2) is 4.39 Å². The van der Waals surface area contributed by atoms with Gasteiger partial charge in [0.25, 0.3) is 5.91 Å². The van der Waals surface area contributed by atoms with E-state index in [9.17, 15) is 14.3 Å². The Morgan fingerprint density at radius 3 is 2.61 bits per heavy atom. The number of nitrogens with zero attached hydrogens (tertiary/aromatic N) is 3. The summed E-state index contributed by atoms with van der Waals surface area (Å²) < 4.78 is 26.2. The Bertz CT molecular complexity index is 1360. The fourth-order valence-corrected chi connectivity index (χ4v) is 3.83. The Labute approximate surface area is 242 Å². The SMILES string of the molecule is C/C=C\C(=C/C(CO/C(CCCC)=N/N=C(\C)NC(=O)c1cnc(C)cc1-c1c(F)cccc1OC)=C(C)C)CO. The molecule has 0 aliphatic carbocycles. The van der Waals surface area contributed by atoms with Crippen molar-refractivity contribution >= 4 is 17.6 Å². The van der Waals surface area contributed by atoms with Crippen LogP contribution in [0, 0.1) is 12.7 Å². The van der Waals surface area contributed by atoms with Gasteiger partial charge in [0.1, 0.15) is 24.0 Å². The monoisotopic (exact) mass is 564 g/mol. The van der Waals surface area contributed by atoms with E-state index in [1.165, 1.54) is 19.4 Å². The number of unbranched alkanes of at least 4 members (excludes halogenated alkanes) is 1. The van der Waals surface area contributed by atoms with Gasteiger partial charge < -0.3 is 19.9 Å². The normalized spacial score (nSPS) is 12.5. The van der Waals surface area contributed by atoms with Crippen LogP contribution in [-0.2, 0) is 4.74 Å². The maximum absolute atomic E-state index is 14.9. The third-order valence-electron chi connectivity index (χ3n) is 6.06. The first-order valence-corrected chi connectivity index (χ1v) is 13.6. The first-order valence-electron chi connectivity index (χ1n) is 13.6. The van der Waals surface area contributed by atoms with E-state index in [4.69, 9.17) is 9.47 Å². The number of methoxy groups -OCH3 is 1. The molecule has 0 saturated heterocycles. The van der Waals surface area contributed by atoms with Crippen molar-refractivity contribution in [1.82, 2.24) is 10.3 Å². The highest BCUT2D eigenvalue weighted by molar-refractivity contribution is 6.09. The molecule has 8 nitrogen and oxygen atoms in total. The van der Waals surface area contributed by atoms with Crippen molar-refractivity contribution in [2.45, 2.75) is 60.8 Å². The number of carbonyl (C=O) groups excluding carboxylic acids is 1. The fourth-order valence-electron chi connectivity index (χ4n) is 3.83. The van der Waals surface area contributed by atoms with Crippen LogP contribution >= 0.6 is 0 Å². The lowest BCUT2D eigenvalue weighted by atomic mass is 9.98. The molecule has 1 aromatic carbocycles. The van der Waals surface area contributed by atoms with E-state index in [2.05, 4.69) is 27.4 Å². The molecule has 2 N–H and O–H groups in total. The van der Waals surface area contributed by atoms with E-state index in [1.807, 2.05) is 39.0 Å². The van der Waals surface area contributed by atoms with Gasteiger partial charge in [-0.2, -0.15) is 0 Å². The van der Waals surface area contributed by atoms with Crippen LogP contribution in [0.15, 0.2) is 75.6 Å². The average Bonchev–Trinajstić information content (AvgIpc) is 2.94. The molecular weight excluding hydrogens is 523 g/mol. The first-order chi connectivity index (χ1) is 19.6. The number of rotatable bonds is 12. The molecule has 2 aromatic rings. The second kappa shape index (κ2) is 16.9. The molecule has 9 heteroatoms. The molecule has 1 amide bonds. The van der Waals surface area contributed by atoms with Gasteiger partial charge in [0, 0.05) is 23.9 Å². The van der Waals surface area contributed by atoms with Crippen molar-refractivity contribution < 1.29 is 23.8 Å². The number of carbonyl (C=O) groups is 1. The third-order valence-corrected chi connectivity index (χ3v) is 6.06. The molecule has 1 heterocycles. The largest absolute Gasteiger partial charge is 0.496 e. The van der Waals surface area contributed by atoms with Crippen LogP contribution in [0.4, 0.5) is 4.39 Å². The molecule has 0 unspecified atom stereocenters. The van der Waals surface area contributed by atoms with Gasteiger partial charge >= 0.3 is 0 Å². The fraction of sp³-hybridized carbons (Fsp3) is 0.375. The number of aryl methyl sites for hydroxylation is 1. The number of hydrogen-bond donors (Lipinski definition) is 2. The summed E-state index contributed by atoms with van der Waals surface area (Å²) in [6, 6.07) is 6.14. The number of nitrogens with one attached hydrogen (secondary N) is 1. The summed E-state index contributed by atoms with van der Waals surface area (Å²) in [6.07, 6.45) is 9.39. The van der Waals surface area contributed by atoms with Crippen molar-refractivity contribution in [3.63, 3.8) is 0 Å². The number of benzene rings is 1. The van der Waals surface area contributed by atoms with Crippen LogP contribution in [0.1, 0.15) is 69.9 Å². The number of hydrogen-bond acceptors (Lipinski definition) is 7. The van der Waals surface area contributed by atoms with Gasteiger partial charge in [0.05, 0.1) is 24.8 Å². The minimum absolute atomic E-state index is 0.0804. The third kappa shape index (κ3) is 10.1. The molecule has 1 aromatic heterocycles. The molecule has 0 atom stereocenters. The van der Waals surface area contributed by atoms with Gasteiger partial charge in [-0.15, -0.1) is 10.2 Å². The predicted molar refractivity (Wildman–Crippen MR) is 163 cm³/mol. The maximum Gasteiger partial charge on any atom is 0.258 e. The van der Waals surface area contributed by atoms with Crippen LogP contribution in [0.2, 0.25) is 0 Å². The van der Waals surface area contributed by atoms with E-state index >= 15 is 0 Å². The summed E-state index contributed by atoms with van der Waals surface area (Å²) in [5, 5.41) is 20.8. The molecule has 2 rings (SSSR count). The highest BCUT2D eigenvalue weighted by atomic mass is 19.1. The molecular formula is C32H41FN4O4. The van der Waals surface area contributed by atoms with E-state index in [-0.39, 0.29) is 30.2 Å². The summed E-state index contributed by atoms with van der Waals surface area (Å²) in [5.41, 5.74) is 4.07. The van der Waals surface area contributed by atoms with Crippen molar-refractivity contribution in [1.29, 1.82) is 0 Å². The summed E-state index contributed by atoms with van der Waals surface area (Å²) in [7, 11) is 1.45. The zero-order valence-corrected chi connectivity index (χ0v) is 25.0. The summed E-state index contributed by atoms with van der Waals surface area (Å²) in [4.78, 5) is 17.5. The Hall–Kier alpha value is -4.11. The van der Waals surface area contributed by atoms with Gasteiger partial charge in [-0.1, -0.05) is 43.2 Å². The minimum Gasteiger partial charge on any atom is -0.496 e. The number of amidine groups is 1. The highest BCUT2D eigenvalue weighted by Gasteiger charge is 2.20. The first kappa shape index (κ1) is 33.1. The predicted octanol–water partition coefficient (Wildman–Crippen LogP) is 6.70. The molecule has 0 aliphatic heterocycles. The van der Waals surface area contributed by atoms with Crippen LogP contribution in [0.25, 0.3) is 11.1 Å². The number of pyridine rings is 1. The van der Waals surface area contributed by atoms with E-state index < -0.39 is 11.7 Å². The van der Waals surface area contributed by atoms with Crippen molar-refractivity contribution in [3.8, 4) is 16.9 Å². The standard InChI is InChI=1S/C32H41FN4O4/c1-8-10-15-30(41-20-25(21(3)4)17-24(19-38)12-9-2)37-36-23(6)35-32(39)27-18-34-22(5)16-26(27)31-28(33)13-11-14-29(31)40-7/h9,11-14,16-18,38H,8,10,15,19-20H2,1-7H3,(H,35,36,39)/b12-9-,24-17+,37-30+. The van der Waals surface area contributed by atoms with Crippen molar-refractivity contribution in [2.75, 3.05) is 20.3 Å². The molecule has 0 spiro atoms. The van der Waals surface area contributed by atoms with Gasteiger partial charge in [-0.05, 0) is 70.4 Å². The minimum atomic E-state index is -0.515. The van der Waals surface area contributed by atoms with E-state index in [1.54, 1.807) is 32.0 Å². The molecule has 0 fully saturated rings. The molecule has 0 bridgehead atoms. The lowest BCUT2D eigenvalue weighted by molar-refractivity contribution is 0.0977. The van der Waals surface area contributed by atoms with Crippen LogP contribution in [0.3, 0.4) is 0 Å².